The number of nitrogens with zero attached hydrogens (tertiary/aromatic N) is 5. The predicted molar refractivity (Wildman–Crippen MR) is 282 cm³/mol. The van der Waals surface area contributed by atoms with Crippen LogP contribution < -0.4 is 20.7 Å². The van der Waals surface area contributed by atoms with Crippen molar-refractivity contribution in [3.8, 4) is 17.1 Å². The maximum absolute atomic E-state index is 5.71. The van der Waals surface area contributed by atoms with Crippen molar-refractivity contribution in [1.29, 1.82) is 0 Å². The molecule has 0 radical (unpaired) electrons. The highest BCUT2D eigenvalue weighted by Gasteiger charge is 2.42. The number of hydrogen-bond donors (Lipinski definition) is 0. The molecule has 0 atom stereocenters. The zero-order chi connectivity index (χ0) is 44.1. The van der Waals surface area contributed by atoms with Gasteiger partial charge in [-0.15, -0.1) is 0 Å². The largest absolute Gasteiger partial charge is 0.309 e. The van der Waals surface area contributed by atoms with Crippen molar-refractivity contribution < 1.29 is 0 Å². The Hall–Kier alpha value is -8.71. The highest BCUT2D eigenvalue weighted by atomic mass is 28.3. The van der Waals surface area contributed by atoms with Crippen LogP contribution in [0, 0.1) is 0 Å². The molecule has 6 heteroatoms. The zero-order valence-electron chi connectivity index (χ0n) is 36.4. The molecular formula is C61H41N5Si. The van der Waals surface area contributed by atoms with E-state index >= 15 is 0 Å². The average molecular weight is 872 g/mol. The van der Waals surface area contributed by atoms with Crippen LogP contribution in [0.2, 0.25) is 0 Å². The summed E-state index contributed by atoms with van der Waals surface area (Å²) in [6.07, 6.45) is 0. The Labute approximate surface area is 387 Å². The summed E-state index contributed by atoms with van der Waals surface area (Å²) in [5.41, 5.74) is 12.3. The van der Waals surface area contributed by atoms with E-state index in [2.05, 4.69) is 267 Å². The molecule has 0 aliphatic rings. The van der Waals surface area contributed by atoms with Gasteiger partial charge in [0.25, 0.3) is 0 Å². The van der Waals surface area contributed by atoms with Crippen LogP contribution in [0.4, 0.5) is 0 Å². The molecule has 0 fully saturated rings. The molecule has 0 aliphatic carbocycles. The van der Waals surface area contributed by atoms with Gasteiger partial charge in [0.05, 0.1) is 38.6 Å². The summed E-state index contributed by atoms with van der Waals surface area (Å²) in [5.74, 6) is 0.880. The zero-order valence-corrected chi connectivity index (χ0v) is 37.4. The number of hydrogen-bond acceptors (Lipinski definition) is 1. The van der Waals surface area contributed by atoms with Crippen molar-refractivity contribution in [2.24, 2.45) is 0 Å². The summed E-state index contributed by atoms with van der Waals surface area (Å²) in [7, 11) is -3.05. The second-order valence-corrected chi connectivity index (χ2v) is 21.4. The molecule has 4 heterocycles. The predicted octanol–water partition coefficient (Wildman–Crippen LogP) is 12.0. The Morgan fingerprint density at radius 1 is 0.284 bits per heavy atom. The van der Waals surface area contributed by atoms with Crippen LogP contribution in [0.1, 0.15) is 0 Å². The highest BCUT2D eigenvalue weighted by Crippen LogP contribution is 2.39. The lowest BCUT2D eigenvalue weighted by Gasteiger charge is -2.35. The quantitative estimate of drug-likeness (QED) is 0.116. The molecule has 67 heavy (non-hydrogen) atoms. The van der Waals surface area contributed by atoms with E-state index in [4.69, 9.17) is 4.98 Å². The number of para-hydroxylation sites is 6. The fraction of sp³-hybridized carbons (Fsp3) is 0. The van der Waals surface area contributed by atoms with E-state index in [0.717, 1.165) is 50.4 Å². The van der Waals surface area contributed by atoms with Gasteiger partial charge in [-0.3, -0.25) is 8.97 Å². The number of rotatable bonds is 7. The van der Waals surface area contributed by atoms with Crippen molar-refractivity contribution in [2.75, 3.05) is 0 Å². The monoisotopic (exact) mass is 871 g/mol. The van der Waals surface area contributed by atoms with Crippen molar-refractivity contribution >= 4 is 100 Å². The van der Waals surface area contributed by atoms with E-state index in [0.29, 0.717) is 0 Å². The first kappa shape index (κ1) is 37.6. The van der Waals surface area contributed by atoms with Gasteiger partial charge in [0.2, 0.25) is 5.78 Å². The lowest BCUT2D eigenvalue weighted by atomic mass is 10.1. The van der Waals surface area contributed by atoms with E-state index in [1.807, 2.05) is 0 Å². The molecule has 4 aromatic heterocycles. The molecule has 0 aliphatic heterocycles. The molecule has 10 aromatic carbocycles. The minimum Gasteiger partial charge on any atom is -0.309 e. The van der Waals surface area contributed by atoms with Gasteiger partial charge in [-0.2, -0.15) is 0 Å². The van der Waals surface area contributed by atoms with Crippen LogP contribution in [0.15, 0.2) is 249 Å². The first-order chi connectivity index (χ1) is 33.3. The Kier molecular flexibility index (Phi) is 8.23. The van der Waals surface area contributed by atoms with Crippen LogP contribution in [0.5, 0.6) is 0 Å². The van der Waals surface area contributed by atoms with E-state index in [-0.39, 0.29) is 0 Å². The third-order valence-corrected chi connectivity index (χ3v) is 18.8. The Bertz CT molecular complexity index is 4120. The van der Waals surface area contributed by atoms with E-state index in [1.54, 1.807) is 0 Å². The van der Waals surface area contributed by atoms with E-state index in [9.17, 15) is 0 Å². The lowest BCUT2D eigenvalue weighted by molar-refractivity contribution is 1.11. The summed E-state index contributed by atoms with van der Waals surface area (Å²) in [6.45, 7) is 0. The van der Waals surface area contributed by atoms with Crippen LogP contribution in [-0.4, -0.2) is 31.2 Å². The van der Waals surface area contributed by atoms with Crippen LogP contribution in [-0.2, 0) is 0 Å². The van der Waals surface area contributed by atoms with E-state index in [1.165, 1.54) is 58.8 Å². The summed E-state index contributed by atoms with van der Waals surface area (Å²) < 4.78 is 9.57. The van der Waals surface area contributed by atoms with Crippen molar-refractivity contribution in [1.82, 2.24) is 23.1 Å². The van der Waals surface area contributed by atoms with Gasteiger partial charge in [-0.05, 0) is 99.6 Å². The SMILES string of the molecule is c1ccc(-n2c3ccccc3c3ccc4c(nc5n(-c6cccc([Si](c7ccccc7)(c7ccccc7)c7cccc(-n8c9ccccc9c9ccccc98)c7)c6)c6ccccc6n45)c32)cc1. The van der Waals surface area contributed by atoms with Gasteiger partial charge < -0.3 is 9.13 Å². The Balaban J connectivity index is 1.05. The van der Waals surface area contributed by atoms with Crippen molar-refractivity contribution in [3.63, 3.8) is 0 Å². The molecule has 14 rings (SSSR count). The highest BCUT2D eigenvalue weighted by molar-refractivity contribution is 7.20. The third kappa shape index (κ3) is 5.39. The Morgan fingerprint density at radius 3 is 1.30 bits per heavy atom. The smallest absolute Gasteiger partial charge is 0.220 e. The van der Waals surface area contributed by atoms with Crippen molar-refractivity contribution in [3.05, 3.63) is 249 Å². The van der Waals surface area contributed by atoms with Gasteiger partial charge in [0.15, 0.2) is 8.07 Å². The van der Waals surface area contributed by atoms with Gasteiger partial charge in [0, 0.05) is 38.6 Å². The van der Waals surface area contributed by atoms with Crippen LogP contribution in [0.25, 0.3) is 88.5 Å². The minimum absolute atomic E-state index is 0.880. The van der Waals surface area contributed by atoms with Crippen molar-refractivity contribution in [2.45, 2.75) is 0 Å². The fourth-order valence-electron chi connectivity index (χ4n) is 11.3. The van der Waals surface area contributed by atoms with Crippen LogP contribution >= 0.6 is 0 Å². The molecule has 0 saturated heterocycles. The second kappa shape index (κ2) is 14.7. The maximum Gasteiger partial charge on any atom is 0.220 e. The number of aromatic nitrogens is 5. The van der Waals surface area contributed by atoms with Gasteiger partial charge in [-0.1, -0.05) is 170 Å². The molecule has 14 aromatic rings. The molecule has 0 unspecified atom stereocenters. The molecule has 0 saturated carbocycles. The first-order valence-electron chi connectivity index (χ1n) is 23.0. The van der Waals surface area contributed by atoms with Gasteiger partial charge in [0.1, 0.15) is 5.52 Å². The number of imidazole rings is 2. The molecule has 0 spiro atoms. The molecule has 5 nitrogen and oxygen atoms in total. The second-order valence-electron chi connectivity index (χ2n) is 17.5. The fourth-order valence-corrected chi connectivity index (χ4v) is 16.2. The number of benzene rings is 10. The molecule has 0 N–H and O–H groups in total. The topological polar surface area (TPSA) is 32.1 Å². The minimum atomic E-state index is -3.05. The first-order valence-corrected chi connectivity index (χ1v) is 25.0. The standard InChI is InChI=1S/C61H41N5Si/c1-4-20-42(21-5-1)64-55-35-15-12-32-51(55)52-38-39-58-59(60(52)64)62-61-65(56-36-16-17-37-57(56)66(58)61)44-23-19-29-48(41-44)67(45-24-6-2-7-25-45,46-26-8-3-9-27-46)47-28-18-22-43(40-47)63-53-33-13-10-30-49(53)50-31-11-14-34-54(50)63/h1-41H. The summed E-state index contributed by atoms with van der Waals surface area (Å²) in [6, 6.07) is 91.5. The van der Waals surface area contributed by atoms with Gasteiger partial charge >= 0.3 is 0 Å². The summed E-state index contributed by atoms with van der Waals surface area (Å²) in [4.78, 5) is 5.71. The van der Waals surface area contributed by atoms with Gasteiger partial charge in [-0.25, -0.2) is 4.98 Å². The number of fused-ring (bicyclic) bond motifs is 12. The normalized spacial score (nSPS) is 12.2. The lowest BCUT2D eigenvalue weighted by Crippen LogP contribution is -2.74. The Morgan fingerprint density at radius 2 is 0.716 bits per heavy atom. The average Bonchev–Trinajstić information content (AvgIpc) is 4.14. The summed E-state index contributed by atoms with van der Waals surface area (Å²) in [5, 5.41) is 10.2. The molecule has 0 bridgehead atoms. The third-order valence-electron chi connectivity index (χ3n) is 14.1. The maximum atomic E-state index is 5.71. The molecular weight excluding hydrogens is 831 g/mol. The summed E-state index contributed by atoms with van der Waals surface area (Å²) >= 11 is 0. The molecule has 0 amide bonds. The molecule has 314 valence electrons. The van der Waals surface area contributed by atoms with E-state index < -0.39 is 8.07 Å². The van der Waals surface area contributed by atoms with Crippen LogP contribution in [0.3, 0.4) is 0 Å².